The van der Waals surface area contributed by atoms with Gasteiger partial charge in [0.15, 0.2) is 0 Å². The fourth-order valence-corrected chi connectivity index (χ4v) is 4.25. The van der Waals surface area contributed by atoms with Gasteiger partial charge in [0, 0.05) is 24.0 Å². The van der Waals surface area contributed by atoms with Crippen molar-refractivity contribution in [1.29, 1.82) is 0 Å². The zero-order chi connectivity index (χ0) is 22.2. The smallest absolute Gasteiger partial charge is 0.252 e. The van der Waals surface area contributed by atoms with Crippen LogP contribution in [-0.2, 0) is 0 Å². The van der Waals surface area contributed by atoms with Crippen molar-refractivity contribution < 1.29 is 8.78 Å². The monoisotopic (exact) mass is 436 g/mol. The fourth-order valence-electron chi connectivity index (χ4n) is 4.25. The number of aromatic amines is 2. The number of nitrogens with zero attached hydrogens (tertiary/aromatic N) is 2. The summed E-state index contributed by atoms with van der Waals surface area (Å²) in [4.78, 5) is 19.6. The molecule has 0 unspecified atom stereocenters. The molecular formula is C23H22F2N6O. The number of fused-ring (bicyclic) bond motifs is 1. The molecule has 1 aliphatic rings. The second-order valence-electron chi connectivity index (χ2n) is 8.25. The maximum Gasteiger partial charge on any atom is 0.252 e. The number of benzene rings is 2. The molecule has 3 heterocycles. The number of hydrogen-bond acceptors (Lipinski definition) is 5. The number of aromatic nitrogens is 4. The van der Waals surface area contributed by atoms with Crippen molar-refractivity contribution in [3.05, 3.63) is 64.5 Å². The number of halogens is 2. The van der Waals surface area contributed by atoms with E-state index in [1.54, 1.807) is 18.2 Å². The molecule has 1 saturated heterocycles. The van der Waals surface area contributed by atoms with E-state index in [4.69, 9.17) is 0 Å². The Labute approximate surface area is 182 Å². The molecule has 5 rings (SSSR count). The van der Waals surface area contributed by atoms with Gasteiger partial charge in [0.25, 0.3) is 5.56 Å². The summed E-state index contributed by atoms with van der Waals surface area (Å²) in [6.07, 6.45) is 0.962. The first kappa shape index (κ1) is 20.3. The van der Waals surface area contributed by atoms with Crippen molar-refractivity contribution >= 4 is 16.9 Å². The van der Waals surface area contributed by atoms with Crippen molar-refractivity contribution in [3.63, 3.8) is 0 Å². The Kier molecular flexibility index (Phi) is 5.18. The Bertz CT molecular complexity index is 1330. The van der Waals surface area contributed by atoms with Crippen LogP contribution in [-0.4, -0.2) is 39.3 Å². The molecule has 164 valence electrons. The number of H-pyrrole nitrogens is 2. The molecule has 32 heavy (non-hydrogen) atoms. The van der Waals surface area contributed by atoms with E-state index in [0.717, 1.165) is 19.5 Å². The number of hydrogen-bond donors (Lipinski definition) is 4. The first-order valence-electron chi connectivity index (χ1n) is 10.5. The highest BCUT2D eigenvalue weighted by molar-refractivity contribution is 5.95. The summed E-state index contributed by atoms with van der Waals surface area (Å²) in [5.74, 6) is -0.416. The minimum Gasteiger partial charge on any atom is -0.352 e. The summed E-state index contributed by atoms with van der Waals surface area (Å²) in [6.45, 7) is 3.91. The summed E-state index contributed by atoms with van der Waals surface area (Å²) in [5.41, 5.74) is 1.42. The minimum atomic E-state index is -0.648. The van der Waals surface area contributed by atoms with Crippen LogP contribution in [0, 0.1) is 17.6 Å². The highest BCUT2D eigenvalue weighted by atomic mass is 19.1. The van der Waals surface area contributed by atoms with E-state index in [9.17, 15) is 13.6 Å². The molecule has 7 nitrogen and oxygen atoms in total. The Balaban J connectivity index is 1.55. The van der Waals surface area contributed by atoms with E-state index in [1.807, 2.05) is 0 Å². The Morgan fingerprint density at radius 1 is 1.09 bits per heavy atom. The largest absolute Gasteiger partial charge is 0.352 e. The molecule has 2 aromatic heterocycles. The predicted octanol–water partition coefficient (Wildman–Crippen LogP) is 3.67. The van der Waals surface area contributed by atoms with Crippen LogP contribution in [0.4, 0.5) is 14.7 Å². The van der Waals surface area contributed by atoms with Crippen molar-refractivity contribution in [1.82, 2.24) is 25.5 Å². The first-order valence-corrected chi connectivity index (χ1v) is 10.5. The van der Waals surface area contributed by atoms with Gasteiger partial charge in [-0.05, 0) is 48.7 Å². The second kappa shape index (κ2) is 8.16. The van der Waals surface area contributed by atoms with E-state index in [1.165, 1.54) is 24.3 Å². The zero-order valence-corrected chi connectivity index (χ0v) is 17.4. The van der Waals surface area contributed by atoms with Crippen molar-refractivity contribution in [2.45, 2.75) is 19.4 Å². The molecule has 2 aromatic carbocycles. The van der Waals surface area contributed by atoms with Gasteiger partial charge < -0.3 is 10.6 Å². The van der Waals surface area contributed by atoms with Crippen LogP contribution < -0.4 is 16.2 Å². The molecular weight excluding hydrogens is 414 g/mol. The van der Waals surface area contributed by atoms with Crippen molar-refractivity contribution in [3.8, 4) is 22.5 Å². The molecule has 0 spiro atoms. The summed E-state index contributed by atoms with van der Waals surface area (Å²) < 4.78 is 28.6. The Morgan fingerprint density at radius 3 is 2.69 bits per heavy atom. The molecule has 1 fully saturated rings. The highest BCUT2D eigenvalue weighted by Crippen LogP contribution is 2.32. The third kappa shape index (κ3) is 3.87. The number of rotatable bonds is 4. The normalized spacial score (nSPS) is 18.7. The lowest BCUT2D eigenvalue weighted by Gasteiger charge is -2.28. The molecule has 1 aliphatic heterocycles. The van der Waals surface area contributed by atoms with E-state index in [0.29, 0.717) is 39.7 Å². The quantitative estimate of drug-likeness (QED) is 0.391. The van der Waals surface area contributed by atoms with Crippen LogP contribution in [0.15, 0.2) is 47.3 Å². The molecule has 0 amide bonds. The van der Waals surface area contributed by atoms with Gasteiger partial charge >= 0.3 is 0 Å². The van der Waals surface area contributed by atoms with Crippen LogP contribution in [0.5, 0.6) is 0 Å². The van der Waals surface area contributed by atoms with Gasteiger partial charge in [0.05, 0.1) is 11.1 Å². The van der Waals surface area contributed by atoms with Crippen LogP contribution in [0.25, 0.3) is 33.4 Å². The fraction of sp³-hybridized carbons (Fsp3) is 0.261. The third-order valence-corrected chi connectivity index (χ3v) is 5.71. The number of piperidine rings is 1. The van der Waals surface area contributed by atoms with Crippen LogP contribution in [0.3, 0.4) is 0 Å². The summed E-state index contributed by atoms with van der Waals surface area (Å²) >= 11 is 0. The SMILES string of the molecule is C[C@H]1CNC[C@@H](Nc2nc(-c3n[nH]c4ccc(-c5c(F)cccc5F)cc34)cc(=O)[nH]2)C1. The van der Waals surface area contributed by atoms with Gasteiger partial charge in [-0.3, -0.25) is 14.9 Å². The number of anilines is 1. The van der Waals surface area contributed by atoms with Crippen molar-refractivity contribution in [2.24, 2.45) is 5.92 Å². The maximum atomic E-state index is 14.3. The molecule has 0 bridgehead atoms. The van der Waals surface area contributed by atoms with E-state index in [-0.39, 0.29) is 17.2 Å². The van der Waals surface area contributed by atoms with Crippen LogP contribution in [0.1, 0.15) is 13.3 Å². The molecule has 9 heteroatoms. The maximum absolute atomic E-state index is 14.3. The third-order valence-electron chi connectivity index (χ3n) is 5.71. The van der Waals surface area contributed by atoms with Gasteiger partial charge in [0.2, 0.25) is 5.95 Å². The van der Waals surface area contributed by atoms with Gasteiger partial charge in [0.1, 0.15) is 23.0 Å². The lowest BCUT2D eigenvalue weighted by atomic mass is 9.98. The lowest BCUT2D eigenvalue weighted by Crippen LogP contribution is -2.42. The molecule has 4 N–H and O–H groups in total. The van der Waals surface area contributed by atoms with E-state index in [2.05, 4.69) is 37.7 Å². The van der Waals surface area contributed by atoms with Gasteiger partial charge in [-0.2, -0.15) is 5.10 Å². The lowest BCUT2D eigenvalue weighted by molar-refractivity contribution is 0.377. The van der Waals surface area contributed by atoms with Crippen molar-refractivity contribution in [2.75, 3.05) is 18.4 Å². The average Bonchev–Trinajstić information content (AvgIpc) is 3.17. The van der Waals surface area contributed by atoms with Gasteiger partial charge in [-0.15, -0.1) is 0 Å². The standard InChI is InChI=1S/C23H22F2N6O/c1-12-7-14(11-26-10-12)27-23-28-19(9-20(32)29-23)22-15-8-13(5-6-18(15)30-31-22)21-16(24)3-2-4-17(21)25/h2-6,8-9,12,14,26H,7,10-11H2,1H3,(H,30,31)(H2,27,28,29,32)/t12-,14+/m1/s1. The minimum absolute atomic E-state index is 0.110. The average molecular weight is 436 g/mol. The molecule has 0 aliphatic carbocycles. The topological polar surface area (TPSA) is 98.5 Å². The summed E-state index contributed by atoms with van der Waals surface area (Å²) in [5, 5.41) is 14.5. The molecule has 4 aromatic rings. The molecule has 0 radical (unpaired) electrons. The first-order chi connectivity index (χ1) is 15.5. The van der Waals surface area contributed by atoms with E-state index < -0.39 is 11.6 Å². The number of nitrogens with one attached hydrogen (secondary N) is 4. The second-order valence-corrected chi connectivity index (χ2v) is 8.25. The highest BCUT2D eigenvalue weighted by Gasteiger charge is 2.20. The Morgan fingerprint density at radius 2 is 1.91 bits per heavy atom. The van der Waals surface area contributed by atoms with Crippen LogP contribution >= 0.6 is 0 Å². The van der Waals surface area contributed by atoms with Gasteiger partial charge in [-0.1, -0.05) is 19.1 Å². The van der Waals surface area contributed by atoms with E-state index >= 15 is 0 Å². The molecule has 2 atom stereocenters. The predicted molar refractivity (Wildman–Crippen MR) is 119 cm³/mol. The summed E-state index contributed by atoms with van der Waals surface area (Å²) in [7, 11) is 0. The zero-order valence-electron chi connectivity index (χ0n) is 17.4. The summed E-state index contributed by atoms with van der Waals surface area (Å²) in [6, 6.07) is 10.2. The Hall–Kier alpha value is -3.59. The molecule has 0 saturated carbocycles. The van der Waals surface area contributed by atoms with Crippen LogP contribution in [0.2, 0.25) is 0 Å². The van der Waals surface area contributed by atoms with Gasteiger partial charge in [-0.25, -0.2) is 13.8 Å².